The number of benzene rings is 1. The number of rotatable bonds is 3. The van der Waals surface area contributed by atoms with Gasteiger partial charge >= 0.3 is 0 Å². The fraction of sp³-hybridized carbons (Fsp3) is 0.412. The third kappa shape index (κ3) is 3.34. The van der Waals surface area contributed by atoms with Gasteiger partial charge in [0.25, 0.3) is 0 Å². The van der Waals surface area contributed by atoms with E-state index in [1.165, 1.54) is 43.6 Å². The third-order valence-corrected chi connectivity index (χ3v) is 5.77. The maximum absolute atomic E-state index is 4.36. The molecule has 1 aliphatic heterocycles. The number of likely N-dealkylation sites (tertiary alicyclic amines) is 1. The molecule has 4 nitrogen and oxygen atoms in total. The van der Waals surface area contributed by atoms with Crippen molar-refractivity contribution in [3.05, 3.63) is 39.8 Å². The van der Waals surface area contributed by atoms with Crippen LogP contribution in [0.25, 0.3) is 16.3 Å². The van der Waals surface area contributed by atoms with Gasteiger partial charge in [-0.15, -0.1) is 10.2 Å². The summed E-state index contributed by atoms with van der Waals surface area (Å²) >= 11 is 5.28. The quantitative estimate of drug-likeness (QED) is 0.655. The van der Waals surface area contributed by atoms with Crippen molar-refractivity contribution in [1.29, 1.82) is 0 Å². The van der Waals surface area contributed by atoms with Crippen molar-refractivity contribution in [2.75, 3.05) is 13.1 Å². The standard InChI is InChI=1S/C17H19BrN4S/c18-14-7-5-6-13(10-14)16-19-20-17-22(16)12-15(23-17)11-21-8-3-1-2-4-9-21/h5-7,10,12H,1-4,8-9,11H2. The lowest BCUT2D eigenvalue weighted by molar-refractivity contribution is 0.279. The van der Waals surface area contributed by atoms with Gasteiger partial charge in [-0.05, 0) is 38.1 Å². The second kappa shape index (κ2) is 6.71. The molecule has 120 valence electrons. The third-order valence-electron chi connectivity index (χ3n) is 4.32. The number of fused-ring (bicyclic) bond motifs is 1. The summed E-state index contributed by atoms with van der Waals surface area (Å²) in [5.74, 6) is 0.916. The zero-order valence-corrected chi connectivity index (χ0v) is 15.3. The smallest absolute Gasteiger partial charge is 0.216 e. The lowest BCUT2D eigenvalue weighted by atomic mass is 10.2. The lowest BCUT2D eigenvalue weighted by Crippen LogP contribution is -2.23. The minimum Gasteiger partial charge on any atom is -0.298 e. The topological polar surface area (TPSA) is 33.4 Å². The highest BCUT2D eigenvalue weighted by molar-refractivity contribution is 9.10. The molecule has 6 heteroatoms. The summed E-state index contributed by atoms with van der Waals surface area (Å²) in [5, 5.41) is 8.71. The van der Waals surface area contributed by atoms with E-state index in [2.05, 4.69) is 53.8 Å². The van der Waals surface area contributed by atoms with E-state index in [0.29, 0.717) is 0 Å². The van der Waals surface area contributed by atoms with Crippen LogP contribution in [0.4, 0.5) is 0 Å². The van der Waals surface area contributed by atoms with E-state index >= 15 is 0 Å². The summed E-state index contributed by atoms with van der Waals surface area (Å²) in [7, 11) is 0. The number of hydrogen-bond donors (Lipinski definition) is 0. The van der Waals surface area contributed by atoms with Gasteiger partial charge in [0.1, 0.15) is 0 Å². The largest absolute Gasteiger partial charge is 0.298 e. The Bertz CT molecular complexity index is 802. The molecule has 0 radical (unpaired) electrons. The first kappa shape index (κ1) is 15.3. The highest BCUT2D eigenvalue weighted by atomic mass is 79.9. The van der Waals surface area contributed by atoms with Gasteiger partial charge < -0.3 is 0 Å². The predicted molar refractivity (Wildman–Crippen MR) is 97.7 cm³/mol. The minimum absolute atomic E-state index is 0.916. The molecule has 0 aliphatic carbocycles. The fourth-order valence-electron chi connectivity index (χ4n) is 3.16. The van der Waals surface area contributed by atoms with Crippen LogP contribution in [0.15, 0.2) is 34.9 Å². The number of hydrogen-bond acceptors (Lipinski definition) is 4. The van der Waals surface area contributed by atoms with Crippen LogP contribution >= 0.6 is 27.3 Å². The summed E-state index contributed by atoms with van der Waals surface area (Å²) in [6.45, 7) is 3.47. The Hall–Kier alpha value is -1.24. The van der Waals surface area contributed by atoms with Gasteiger partial charge in [0.05, 0.1) is 0 Å². The molecule has 23 heavy (non-hydrogen) atoms. The Kier molecular flexibility index (Phi) is 4.46. The molecule has 0 unspecified atom stereocenters. The van der Waals surface area contributed by atoms with Crippen molar-refractivity contribution in [3.8, 4) is 11.4 Å². The zero-order chi connectivity index (χ0) is 15.6. The second-order valence-corrected chi connectivity index (χ2v) is 8.08. The van der Waals surface area contributed by atoms with E-state index in [0.717, 1.165) is 27.4 Å². The molecule has 1 fully saturated rings. The number of thiazole rings is 1. The highest BCUT2D eigenvalue weighted by Gasteiger charge is 2.15. The number of aromatic nitrogens is 3. The van der Waals surface area contributed by atoms with Gasteiger partial charge in [0.15, 0.2) is 5.82 Å². The van der Waals surface area contributed by atoms with E-state index < -0.39 is 0 Å². The maximum Gasteiger partial charge on any atom is 0.216 e. The SMILES string of the molecule is Brc1cccc(-c2nnc3sc(CN4CCCCCC4)cn23)c1. The molecule has 1 aliphatic rings. The monoisotopic (exact) mass is 390 g/mol. The molecular formula is C17H19BrN4S. The van der Waals surface area contributed by atoms with Gasteiger partial charge in [-0.25, -0.2) is 0 Å². The average molecular weight is 391 g/mol. The molecule has 0 N–H and O–H groups in total. The molecule has 0 amide bonds. The average Bonchev–Trinajstić information content (AvgIpc) is 2.99. The van der Waals surface area contributed by atoms with Crippen molar-refractivity contribution in [2.45, 2.75) is 32.2 Å². The molecule has 0 bridgehead atoms. The summed E-state index contributed by atoms with van der Waals surface area (Å²) in [6.07, 6.45) is 7.62. The van der Waals surface area contributed by atoms with Gasteiger partial charge in [-0.1, -0.05) is 52.2 Å². The van der Waals surface area contributed by atoms with Crippen molar-refractivity contribution in [1.82, 2.24) is 19.5 Å². The zero-order valence-electron chi connectivity index (χ0n) is 12.9. The summed E-state index contributed by atoms with van der Waals surface area (Å²) in [4.78, 5) is 4.92. The molecule has 0 spiro atoms. The van der Waals surface area contributed by atoms with Gasteiger partial charge in [-0.2, -0.15) is 0 Å². The van der Waals surface area contributed by atoms with Gasteiger partial charge in [-0.3, -0.25) is 9.30 Å². The first-order valence-electron chi connectivity index (χ1n) is 8.11. The van der Waals surface area contributed by atoms with Crippen LogP contribution < -0.4 is 0 Å². The Morgan fingerprint density at radius 2 is 1.91 bits per heavy atom. The van der Waals surface area contributed by atoms with Crippen molar-refractivity contribution in [2.24, 2.45) is 0 Å². The van der Waals surface area contributed by atoms with E-state index in [4.69, 9.17) is 0 Å². The molecule has 1 aromatic carbocycles. The Labute approximate surface area is 148 Å². The fourth-order valence-corrected chi connectivity index (χ4v) is 4.52. The van der Waals surface area contributed by atoms with Gasteiger partial charge in [0.2, 0.25) is 4.96 Å². The Balaban J connectivity index is 1.61. The number of nitrogens with zero attached hydrogens (tertiary/aromatic N) is 4. The first-order valence-corrected chi connectivity index (χ1v) is 9.72. The first-order chi connectivity index (χ1) is 11.3. The molecule has 3 aromatic rings. The predicted octanol–water partition coefficient (Wildman–Crippen LogP) is 4.60. The minimum atomic E-state index is 0.916. The van der Waals surface area contributed by atoms with E-state index in [-0.39, 0.29) is 0 Å². The summed E-state index contributed by atoms with van der Waals surface area (Å²) < 4.78 is 3.19. The molecular weight excluding hydrogens is 372 g/mol. The summed E-state index contributed by atoms with van der Waals surface area (Å²) in [6, 6.07) is 8.22. The van der Waals surface area contributed by atoms with Crippen molar-refractivity contribution in [3.63, 3.8) is 0 Å². The summed E-state index contributed by atoms with van der Waals surface area (Å²) in [5.41, 5.74) is 1.09. The second-order valence-electron chi connectivity index (χ2n) is 6.07. The normalized spacial score (nSPS) is 16.7. The van der Waals surface area contributed by atoms with E-state index in [9.17, 15) is 0 Å². The van der Waals surface area contributed by atoms with Crippen molar-refractivity contribution < 1.29 is 0 Å². The molecule has 0 atom stereocenters. The van der Waals surface area contributed by atoms with E-state index in [1.807, 2.05) is 12.1 Å². The van der Waals surface area contributed by atoms with Crippen LogP contribution in [0.2, 0.25) is 0 Å². The van der Waals surface area contributed by atoms with Crippen LogP contribution in [0, 0.1) is 0 Å². The van der Waals surface area contributed by atoms with E-state index in [1.54, 1.807) is 11.3 Å². The van der Waals surface area contributed by atoms with Crippen LogP contribution in [-0.4, -0.2) is 32.6 Å². The van der Waals surface area contributed by atoms with Crippen LogP contribution in [0.3, 0.4) is 0 Å². The van der Waals surface area contributed by atoms with Crippen LogP contribution in [0.5, 0.6) is 0 Å². The van der Waals surface area contributed by atoms with Crippen molar-refractivity contribution >= 4 is 32.2 Å². The Morgan fingerprint density at radius 1 is 1.09 bits per heavy atom. The Morgan fingerprint density at radius 3 is 2.70 bits per heavy atom. The molecule has 2 aromatic heterocycles. The van der Waals surface area contributed by atoms with Crippen LogP contribution in [-0.2, 0) is 6.54 Å². The maximum atomic E-state index is 4.36. The highest BCUT2D eigenvalue weighted by Crippen LogP contribution is 2.26. The molecule has 0 saturated carbocycles. The van der Waals surface area contributed by atoms with Crippen LogP contribution in [0.1, 0.15) is 30.6 Å². The molecule has 4 rings (SSSR count). The number of halogens is 1. The van der Waals surface area contributed by atoms with Gasteiger partial charge in [0, 0.05) is 27.7 Å². The molecule has 3 heterocycles. The lowest BCUT2D eigenvalue weighted by Gasteiger charge is -2.18. The molecule has 1 saturated heterocycles.